The molecule has 0 heterocycles. The summed E-state index contributed by atoms with van der Waals surface area (Å²) in [6, 6.07) is 8.42. The first-order valence-electron chi connectivity index (χ1n) is 6.88. The van der Waals surface area contributed by atoms with E-state index in [0.29, 0.717) is 0 Å². The molecule has 0 aliphatic carbocycles. The first-order chi connectivity index (χ1) is 8.79. The Morgan fingerprint density at radius 1 is 1.32 bits per heavy atom. The first kappa shape index (κ1) is 15.7. The van der Waals surface area contributed by atoms with Crippen LogP contribution in [0.15, 0.2) is 24.3 Å². The van der Waals surface area contributed by atoms with Gasteiger partial charge in [-0.3, -0.25) is 4.79 Å². The van der Waals surface area contributed by atoms with Gasteiger partial charge in [0.2, 0.25) is 5.91 Å². The molecular weight excluding hydrogens is 236 g/mol. The number of nitrogens with zero attached hydrogens (tertiary/aromatic N) is 1. The average Bonchev–Trinajstić information content (AvgIpc) is 2.37. The van der Waals surface area contributed by atoms with Crippen LogP contribution in [0.3, 0.4) is 0 Å². The molecule has 1 unspecified atom stereocenters. The highest BCUT2D eigenvalue weighted by Crippen LogP contribution is 2.22. The number of likely N-dealkylation sites (N-methyl/N-ethyl adjacent to an activating group) is 2. The van der Waals surface area contributed by atoms with Crippen molar-refractivity contribution in [2.24, 2.45) is 0 Å². The Balaban J connectivity index is 2.84. The summed E-state index contributed by atoms with van der Waals surface area (Å²) in [6.07, 6.45) is 0. The Bertz CT molecular complexity index is 423. The number of hydrogen-bond acceptors (Lipinski definition) is 2. The molecule has 0 saturated heterocycles. The van der Waals surface area contributed by atoms with E-state index in [0.717, 1.165) is 12.1 Å². The van der Waals surface area contributed by atoms with E-state index in [1.165, 1.54) is 5.56 Å². The van der Waals surface area contributed by atoms with Crippen LogP contribution in [0.1, 0.15) is 44.9 Å². The quantitative estimate of drug-likeness (QED) is 0.885. The van der Waals surface area contributed by atoms with Gasteiger partial charge in [-0.05, 0) is 39.8 Å². The molecule has 0 radical (unpaired) electrons. The van der Waals surface area contributed by atoms with Crippen LogP contribution < -0.4 is 5.32 Å². The number of amides is 1. The van der Waals surface area contributed by atoms with Crippen LogP contribution in [0.25, 0.3) is 0 Å². The summed E-state index contributed by atoms with van der Waals surface area (Å²) in [6.45, 7) is 10.8. The van der Waals surface area contributed by atoms with Gasteiger partial charge in [-0.15, -0.1) is 0 Å². The topological polar surface area (TPSA) is 32.3 Å². The van der Waals surface area contributed by atoms with E-state index in [1.54, 1.807) is 0 Å². The minimum Gasteiger partial charge on any atom is -0.337 e. The standard InChI is InChI=1S/C16H26N2O/c1-7-17-16(4,5)15(19)18(6)13(3)14-10-8-12(2)9-11-14/h8-11,13,17H,7H2,1-6H3. The second kappa shape index (κ2) is 6.20. The lowest BCUT2D eigenvalue weighted by molar-refractivity contribution is -0.137. The van der Waals surface area contributed by atoms with Gasteiger partial charge in [0.05, 0.1) is 11.6 Å². The van der Waals surface area contributed by atoms with Gasteiger partial charge >= 0.3 is 0 Å². The summed E-state index contributed by atoms with van der Waals surface area (Å²) in [5.41, 5.74) is 1.87. The van der Waals surface area contributed by atoms with Crippen LogP contribution in [0.4, 0.5) is 0 Å². The molecule has 0 aromatic heterocycles. The highest BCUT2D eigenvalue weighted by molar-refractivity contribution is 5.85. The number of nitrogens with one attached hydrogen (secondary N) is 1. The van der Waals surface area contributed by atoms with E-state index < -0.39 is 5.54 Å². The van der Waals surface area contributed by atoms with Gasteiger partial charge in [0.25, 0.3) is 0 Å². The number of rotatable bonds is 5. The van der Waals surface area contributed by atoms with Crippen molar-refractivity contribution < 1.29 is 4.79 Å². The largest absolute Gasteiger partial charge is 0.337 e. The second-order valence-electron chi connectivity index (χ2n) is 5.66. The maximum Gasteiger partial charge on any atom is 0.242 e. The van der Waals surface area contributed by atoms with E-state index in [9.17, 15) is 4.79 Å². The van der Waals surface area contributed by atoms with Gasteiger partial charge in [-0.25, -0.2) is 0 Å². The zero-order valence-corrected chi connectivity index (χ0v) is 12.9. The lowest BCUT2D eigenvalue weighted by Crippen LogP contribution is -2.53. The van der Waals surface area contributed by atoms with E-state index in [1.807, 2.05) is 32.7 Å². The van der Waals surface area contributed by atoms with Crippen LogP contribution in [0.5, 0.6) is 0 Å². The van der Waals surface area contributed by atoms with E-state index in [-0.39, 0.29) is 11.9 Å². The highest BCUT2D eigenvalue weighted by atomic mass is 16.2. The molecule has 1 aromatic rings. The van der Waals surface area contributed by atoms with Crippen LogP contribution in [0.2, 0.25) is 0 Å². The van der Waals surface area contributed by atoms with E-state index >= 15 is 0 Å². The lowest BCUT2D eigenvalue weighted by atomic mass is 10.00. The molecule has 1 rings (SSSR count). The predicted molar refractivity (Wildman–Crippen MR) is 80.1 cm³/mol. The molecule has 106 valence electrons. The SMILES string of the molecule is CCNC(C)(C)C(=O)N(C)C(C)c1ccc(C)cc1. The second-order valence-corrected chi connectivity index (χ2v) is 5.66. The molecule has 1 N–H and O–H groups in total. The number of carbonyl (C=O) groups excluding carboxylic acids is 1. The van der Waals surface area contributed by atoms with Gasteiger partial charge in [-0.1, -0.05) is 36.8 Å². The molecule has 0 aliphatic heterocycles. The van der Waals surface area contributed by atoms with Crippen molar-refractivity contribution >= 4 is 5.91 Å². The van der Waals surface area contributed by atoms with E-state index in [2.05, 4.69) is 43.4 Å². The number of hydrogen-bond donors (Lipinski definition) is 1. The number of aryl methyl sites for hydroxylation is 1. The molecular formula is C16H26N2O. The summed E-state index contributed by atoms with van der Waals surface area (Å²) in [4.78, 5) is 14.3. The third kappa shape index (κ3) is 3.80. The highest BCUT2D eigenvalue weighted by Gasteiger charge is 2.31. The van der Waals surface area contributed by atoms with Gasteiger partial charge < -0.3 is 10.2 Å². The van der Waals surface area contributed by atoms with Gasteiger partial charge in [0.1, 0.15) is 0 Å². The van der Waals surface area contributed by atoms with Gasteiger partial charge in [0.15, 0.2) is 0 Å². The molecule has 1 amide bonds. The van der Waals surface area contributed by atoms with Gasteiger partial charge in [0, 0.05) is 7.05 Å². The molecule has 3 nitrogen and oxygen atoms in total. The third-order valence-electron chi connectivity index (χ3n) is 3.61. The molecule has 0 fully saturated rings. The van der Waals surface area contributed by atoms with Crippen LogP contribution in [0, 0.1) is 6.92 Å². The van der Waals surface area contributed by atoms with Crippen molar-refractivity contribution in [3.05, 3.63) is 35.4 Å². The van der Waals surface area contributed by atoms with Crippen molar-refractivity contribution in [2.45, 2.75) is 46.2 Å². The minimum absolute atomic E-state index is 0.0750. The van der Waals surface area contributed by atoms with Crippen molar-refractivity contribution in [3.63, 3.8) is 0 Å². The molecule has 3 heteroatoms. The number of carbonyl (C=O) groups is 1. The fourth-order valence-corrected chi connectivity index (χ4v) is 2.20. The smallest absolute Gasteiger partial charge is 0.242 e. The Kier molecular flexibility index (Phi) is 5.12. The minimum atomic E-state index is -0.525. The Hall–Kier alpha value is -1.35. The Morgan fingerprint density at radius 2 is 1.84 bits per heavy atom. The molecule has 0 spiro atoms. The van der Waals surface area contributed by atoms with Crippen molar-refractivity contribution in [1.82, 2.24) is 10.2 Å². The van der Waals surface area contributed by atoms with Crippen molar-refractivity contribution in [2.75, 3.05) is 13.6 Å². The third-order valence-corrected chi connectivity index (χ3v) is 3.61. The molecule has 0 saturated carbocycles. The fourth-order valence-electron chi connectivity index (χ4n) is 2.20. The zero-order chi connectivity index (χ0) is 14.6. The molecule has 19 heavy (non-hydrogen) atoms. The summed E-state index contributed by atoms with van der Waals surface area (Å²) in [7, 11) is 1.87. The molecule has 1 atom stereocenters. The monoisotopic (exact) mass is 262 g/mol. The van der Waals surface area contributed by atoms with Crippen LogP contribution >= 0.6 is 0 Å². The van der Waals surface area contributed by atoms with Crippen molar-refractivity contribution in [1.29, 1.82) is 0 Å². The summed E-state index contributed by atoms with van der Waals surface area (Å²) in [5.74, 6) is 0.113. The van der Waals surface area contributed by atoms with Crippen LogP contribution in [-0.4, -0.2) is 29.9 Å². The maximum absolute atomic E-state index is 12.5. The van der Waals surface area contributed by atoms with Crippen LogP contribution in [-0.2, 0) is 4.79 Å². The first-order valence-corrected chi connectivity index (χ1v) is 6.88. The predicted octanol–water partition coefficient (Wildman–Crippen LogP) is 2.90. The maximum atomic E-state index is 12.5. The lowest BCUT2D eigenvalue weighted by Gasteiger charge is -2.34. The molecule has 0 bridgehead atoms. The van der Waals surface area contributed by atoms with Crippen molar-refractivity contribution in [3.8, 4) is 0 Å². The zero-order valence-electron chi connectivity index (χ0n) is 12.9. The normalized spacial score (nSPS) is 13.2. The summed E-state index contributed by atoms with van der Waals surface area (Å²) >= 11 is 0. The van der Waals surface area contributed by atoms with E-state index in [4.69, 9.17) is 0 Å². The Labute approximate surface area is 117 Å². The van der Waals surface area contributed by atoms with Gasteiger partial charge in [-0.2, -0.15) is 0 Å². The molecule has 0 aliphatic rings. The summed E-state index contributed by atoms with van der Waals surface area (Å²) < 4.78 is 0. The summed E-state index contributed by atoms with van der Waals surface area (Å²) in [5, 5.41) is 3.23. The molecule has 1 aromatic carbocycles. The fraction of sp³-hybridized carbons (Fsp3) is 0.562. The number of benzene rings is 1. The average molecular weight is 262 g/mol. The Morgan fingerprint density at radius 3 is 2.32 bits per heavy atom.